The van der Waals surface area contributed by atoms with Gasteiger partial charge in [-0.1, -0.05) is 30.3 Å². The molecule has 0 radical (unpaired) electrons. The van der Waals surface area contributed by atoms with E-state index in [0.717, 1.165) is 0 Å². The number of carboxylic acids is 1. The van der Waals surface area contributed by atoms with Gasteiger partial charge in [0, 0.05) is 6.54 Å². The van der Waals surface area contributed by atoms with Crippen LogP contribution in [0, 0.1) is 0 Å². The highest BCUT2D eigenvalue weighted by molar-refractivity contribution is 5.75. The molecule has 0 saturated heterocycles. The van der Waals surface area contributed by atoms with Crippen molar-refractivity contribution in [2.24, 2.45) is 0 Å². The predicted octanol–water partition coefficient (Wildman–Crippen LogP) is 1.94. The van der Waals surface area contributed by atoms with Crippen LogP contribution < -0.4 is 5.32 Å². The van der Waals surface area contributed by atoms with Gasteiger partial charge in [0.15, 0.2) is 0 Å². The van der Waals surface area contributed by atoms with Gasteiger partial charge in [-0.15, -0.1) is 13.2 Å². The van der Waals surface area contributed by atoms with Crippen molar-refractivity contribution in [3.05, 3.63) is 35.9 Å². The molecule has 1 rings (SSSR count). The highest BCUT2D eigenvalue weighted by Gasteiger charge is 2.29. The van der Waals surface area contributed by atoms with Gasteiger partial charge in [-0.05, 0) is 5.56 Å². The Morgan fingerprint density at radius 3 is 2.44 bits per heavy atom. The average Bonchev–Trinajstić information content (AvgIpc) is 2.28. The van der Waals surface area contributed by atoms with Crippen molar-refractivity contribution in [1.82, 2.24) is 5.32 Å². The van der Waals surface area contributed by atoms with Crippen LogP contribution >= 0.6 is 0 Å². The fraction of sp³-hybridized carbons (Fsp3) is 0.364. The molecule has 2 N–H and O–H groups in total. The first-order valence-electron chi connectivity index (χ1n) is 5.12. The Morgan fingerprint density at radius 2 is 1.94 bits per heavy atom. The lowest BCUT2D eigenvalue weighted by Crippen LogP contribution is -2.32. The van der Waals surface area contributed by atoms with E-state index < -0.39 is 25.0 Å². The van der Waals surface area contributed by atoms with E-state index >= 15 is 0 Å². The summed E-state index contributed by atoms with van der Waals surface area (Å²) in [6, 6.07) is 7.13. The molecule has 0 aliphatic heterocycles. The maximum Gasteiger partial charge on any atom is 0.522 e. The third-order valence-corrected chi connectivity index (χ3v) is 2.10. The largest absolute Gasteiger partial charge is 0.522 e. The number of benzene rings is 1. The van der Waals surface area contributed by atoms with E-state index in [2.05, 4.69) is 10.1 Å². The average molecular weight is 263 g/mol. The molecule has 0 heterocycles. The molecule has 1 aromatic rings. The molecule has 0 aliphatic rings. The van der Waals surface area contributed by atoms with Gasteiger partial charge in [-0.2, -0.15) is 0 Å². The van der Waals surface area contributed by atoms with Gasteiger partial charge in [0.05, 0.1) is 6.61 Å². The van der Waals surface area contributed by atoms with Crippen molar-refractivity contribution in [3.8, 4) is 0 Å². The number of rotatable bonds is 6. The van der Waals surface area contributed by atoms with Crippen molar-refractivity contribution in [3.63, 3.8) is 0 Å². The van der Waals surface area contributed by atoms with Crippen molar-refractivity contribution in [2.45, 2.75) is 12.4 Å². The number of hydrogen-bond donors (Lipinski definition) is 2. The smallest absolute Gasteiger partial charge is 0.480 e. The molecule has 0 aliphatic carbocycles. The fourth-order valence-electron chi connectivity index (χ4n) is 1.36. The highest BCUT2D eigenvalue weighted by Crippen LogP contribution is 2.16. The van der Waals surface area contributed by atoms with Gasteiger partial charge in [0.25, 0.3) is 0 Å². The van der Waals surface area contributed by atoms with E-state index in [1.807, 2.05) is 0 Å². The minimum Gasteiger partial charge on any atom is -0.480 e. The number of aliphatic carboxylic acids is 1. The van der Waals surface area contributed by atoms with Crippen molar-refractivity contribution < 1.29 is 27.8 Å². The summed E-state index contributed by atoms with van der Waals surface area (Å²) in [5, 5.41) is 11.4. The maximum atomic E-state index is 11.7. The monoisotopic (exact) mass is 263 g/mol. The van der Waals surface area contributed by atoms with Gasteiger partial charge in [0.1, 0.15) is 6.04 Å². The number of ether oxygens (including phenoxy) is 1. The van der Waals surface area contributed by atoms with Crippen LogP contribution in [0.15, 0.2) is 30.3 Å². The lowest BCUT2D eigenvalue weighted by Gasteiger charge is -2.15. The Kier molecular flexibility index (Phi) is 5.11. The first kappa shape index (κ1) is 14.5. The highest BCUT2D eigenvalue weighted by atomic mass is 19.4. The molecule has 0 fully saturated rings. The standard InChI is InChI=1S/C11H12F3NO3/c12-11(13,14)18-7-6-15-9(10(16)17)8-4-2-1-3-5-8/h1-5,9,15H,6-7H2,(H,16,17). The number of carboxylic acid groups (broad SMARTS) is 1. The lowest BCUT2D eigenvalue weighted by molar-refractivity contribution is -0.323. The Labute approximate surface area is 101 Å². The van der Waals surface area contributed by atoms with Crippen LogP contribution in [0.2, 0.25) is 0 Å². The minimum absolute atomic E-state index is 0.217. The molecule has 1 atom stereocenters. The summed E-state index contributed by atoms with van der Waals surface area (Å²) in [4.78, 5) is 11.0. The molecule has 0 saturated carbocycles. The molecule has 0 aromatic heterocycles. The van der Waals surface area contributed by atoms with E-state index in [-0.39, 0.29) is 6.54 Å². The molecule has 18 heavy (non-hydrogen) atoms. The lowest BCUT2D eigenvalue weighted by atomic mass is 10.1. The van der Waals surface area contributed by atoms with Crippen LogP contribution in [0.25, 0.3) is 0 Å². The Balaban J connectivity index is 2.48. The van der Waals surface area contributed by atoms with Crippen LogP contribution in [0.1, 0.15) is 11.6 Å². The van der Waals surface area contributed by atoms with Crippen molar-refractivity contribution in [2.75, 3.05) is 13.2 Å². The Morgan fingerprint density at radius 1 is 1.33 bits per heavy atom. The zero-order chi connectivity index (χ0) is 13.6. The number of halogens is 3. The first-order chi connectivity index (χ1) is 8.40. The normalized spacial score (nSPS) is 13.3. The van der Waals surface area contributed by atoms with Crippen LogP contribution in [-0.2, 0) is 9.53 Å². The summed E-state index contributed by atoms with van der Waals surface area (Å²) < 4.78 is 38.6. The van der Waals surface area contributed by atoms with E-state index in [9.17, 15) is 18.0 Å². The second-order valence-electron chi connectivity index (χ2n) is 3.43. The molecular weight excluding hydrogens is 251 g/mol. The zero-order valence-electron chi connectivity index (χ0n) is 9.28. The van der Waals surface area contributed by atoms with Crippen molar-refractivity contribution in [1.29, 1.82) is 0 Å². The minimum atomic E-state index is -4.70. The third-order valence-electron chi connectivity index (χ3n) is 2.10. The summed E-state index contributed by atoms with van der Waals surface area (Å²) in [5.41, 5.74) is 0.469. The molecular formula is C11H12F3NO3. The summed E-state index contributed by atoms with van der Waals surface area (Å²) in [6.07, 6.45) is -4.70. The first-order valence-corrected chi connectivity index (χ1v) is 5.12. The van der Waals surface area contributed by atoms with Gasteiger partial charge < -0.3 is 5.11 Å². The maximum absolute atomic E-state index is 11.7. The molecule has 4 nitrogen and oxygen atoms in total. The van der Waals surface area contributed by atoms with E-state index in [1.54, 1.807) is 30.3 Å². The zero-order valence-corrected chi connectivity index (χ0v) is 9.28. The SMILES string of the molecule is O=C(O)C(NCCOC(F)(F)F)c1ccccc1. The van der Waals surface area contributed by atoms with Crippen LogP contribution in [0.5, 0.6) is 0 Å². The van der Waals surface area contributed by atoms with Crippen molar-refractivity contribution >= 4 is 5.97 Å². The topological polar surface area (TPSA) is 58.6 Å². The van der Waals surface area contributed by atoms with E-state index in [1.165, 1.54) is 0 Å². The third kappa shape index (κ3) is 5.15. The second-order valence-corrected chi connectivity index (χ2v) is 3.43. The summed E-state index contributed by atoms with van der Waals surface area (Å²) >= 11 is 0. The predicted molar refractivity (Wildman–Crippen MR) is 56.8 cm³/mol. The van der Waals surface area contributed by atoms with Gasteiger partial charge in [-0.3, -0.25) is 14.8 Å². The van der Waals surface area contributed by atoms with E-state index in [0.29, 0.717) is 5.56 Å². The quantitative estimate of drug-likeness (QED) is 0.770. The Hall–Kier alpha value is -1.60. The van der Waals surface area contributed by atoms with Gasteiger partial charge in [0.2, 0.25) is 0 Å². The van der Waals surface area contributed by atoms with E-state index in [4.69, 9.17) is 5.11 Å². The molecule has 1 unspecified atom stereocenters. The number of alkyl halides is 3. The van der Waals surface area contributed by atoms with Crippen LogP contribution in [0.4, 0.5) is 13.2 Å². The van der Waals surface area contributed by atoms with Gasteiger partial charge in [-0.25, -0.2) is 0 Å². The summed E-state index contributed by atoms with van der Waals surface area (Å²) in [6.45, 7) is -0.856. The van der Waals surface area contributed by atoms with Crippen LogP contribution in [-0.4, -0.2) is 30.6 Å². The molecule has 100 valence electrons. The molecule has 0 spiro atoms. The number of carbonyl (C=O) groups is 1. The molecule has 0 bridgehead atoms. The number of nitrogens with one attached hydrogen (secondary N) is 1. The second kappa shape index (κ2) is 6.36. The molecule has 1 aromatic carbocycles. The van der Waals surface area contributed by atoms with Crippen LogP contribution in [0.3, 0.4) is 0 Å². The summed E-state index contributed by atoms with van der Waals surface area (Å²) in [5.74, 6) is -1.16. The molecule has 7 heteroatoms. The Bertz CT molecular complexity index is 381. The molecule has 0 amide bonds. The van der Waals surface area contributed by atoms with Gasteiger partial charge >= 0.3 is 12.3 Å². The summed E-state index contributed by atoms with van der Waals surface area (Å²) in [7, 11) is 0. The fourth-order valence-corrected chi connectivity index (χ4v) is 1.36. The number of hydrogen-bond acceptors (Lipinski definition) is 3.